The van der Waals surface area contributed by atoms with Gasteiger partial charge in [0.2, 0.25) is 0 Å². The predicted octanol–water partition coefficient (Wildman–Crippen LogP) is 1.13. The summed E-state index contributed by atoms with van der Waals surface area (Å²) in [4.78, 5) is 23.3. The van der Waals surface area contributed by atoms with Crippen molar-refractivity contribution in [2.45, 2.75) is 0 Å². The van der Waals surface area contributed by atoms with Crippen LogP contribution in [0.25, 0.3) is 0 Å². The molecular formula is C10H10N2O4. The monoisotopic (exact) mass is 222 g/mol. The van der Waals surface area contributed by atoms with Crippen LogP contribution in [0.3, 0.4) is 0 Å². The van der Waals surface area contributed by atoms with Crippen molar-refractivity contribution in [3.8, 4) is 5.75 Å². The van der Waals surface area contributed by atoms with Gasteiger partial charge in [0.25, 0.3) is 5.91 Å². The number of benzene rings is 1. The molecule has 1 aromatic rings. The number of hydrogen-bond acceptors (Lipinski definition) is 3. The van der Waals surface area contributed by atoms with Crippen LogP contribution in [0.15, 0.2) is 18.2 Å². The fourth-order valence-corrected chi connectivity index (χ4v) is 1.47. The smallest absolute Gasteiger partial charge is 0.409 e. The normalized spacial score (nSPS) is 14.1. The molecule has 2 amide bonds. The van der Waals surface area contributed by atoms with Crippen molar-refractivity contribution in [2.75, 3.05) is 23.9 Å². The second-order valence-corrected chi connectivity index (χ2v) is 3.35. The summed E-state index contributed by atoms with van der Waals surface area (Å²) in [6, 6.07) is 4.76. The van der Waals surface area contributed by atoms with Crippen LogP contribution < -0.4 is 15.0 Å². The highest BCUT2D eigenvalue weighted by Crippen LogP contribution is 2.33. The molecule has 0 aliphatic carbocycles. The highest BCUT2D eigenvalue weighted by atomic mass is 16.5. The number of amides is 2. The van der Waals surface area contributed by atoms with Gasteiger partial charge in [0, 0.05) is 12.7 Å². The molecular weight excluding hydrogens is 212 g/mol. The molecule has 1 aromatic carbocycles. The minimum Gasteiger partial charge on any atom is -0.482 e. The van der Waals surface area contributed by atoms with E-state index in [1.54, 1.807) is 25.2 Å². The molecule has 0 unspecified atom stereocenters. The molecule has 0 radical (unpaired) electrons. The third kappa shape index (κ3) is 1.77. The van der Waals surface area contributed by atoms with E-state index in [4.69, 9.17) is 9.84 Å². The first-order valence-electron chi connectivity index (χ1n) is 4.61. The maximum absolute atomic E-state index is 11.4. The number of likely N-dealkylation sites (N-methyl/N-ethyl adjacent to an activating group) is 1. The Morgan fingerprint density at radius 1 is 1.56 bits per heavy atom. The number of ether oxygens (including phenoxy) is 1. The van der Waals surface area contributed by atoms with Crippen LogP contribution in [0, 0.1) is 0 Å². The Hall–Kier alpha value is -2.24. The van der Waals surface area contributed by atoms with Gasteiger partial charge in [0.15, 0.2) is 6.61 Å². The highest BCUT2D eigenvalue weighted by molar-refractivity contribution is 5.98. The van der Waals surface area contributed by atoms with E-state index in [0.717, 1.165) is 0 Å². The number of nitrogens with zero attached hydrogens (tertiary/aromatic N) is 1. The summed E-state index contributed by atoms with van der Waals surface area (Å²) >= 11 is 0. The molecule has 1 aliphatic heterocycles. The second-order valence-electron chi connectivity index (χ2n) is 3.35. The van der Waals surface area contributed by atoms with Crippen LogP contribution in [0.2, 0.25) is 0 Å². The zero-order chi connectivity index (χ0) is 11.7. The van der Waals surface area contributed by atoms with Crippen molar-refractivity contribution in [3.05, 3.63) is 18.2 Å². The molecule has 6 heteroatoms. The van der Waals surface area contributed by atoms with Crippen LogP contribution in [0.5, 0.6) is 5.75 Å². The van der Waals surface area contributed by atoms with Crippen molar-refractivity contribution in [1.82, 2.24) is 0 Å². The van der Waals surface area contributed by atoms with Gasteiger partial charge in [-0.2, -0.15) is 0 Å². The van der Waals surface area contributed by atoms with Crippen LogP contribution in [-0.4, -0.2) is 30.8 Å². The number of carbonyl (C=O) groups excluding carboxylic acids is 1. The van der Waals surface area contributed by atoms with Gasteiger partial charge in [0.1, 0.15) is 5.75 Å². The van der Waals surface area contributed by atoms with Crippen LogP contribution in [0.1, 0.15) is 0 Å². The number of rotatable bonds is 1. The van der Waals surface area contributed by atoms with Crippen molar-refractivity contribution in [1.29, 1.82) is 0 Å². The maximum atomic E-state index is 11.4. The summed E-state index contributed by atoms with van der Waals surface area (Å²) in [5, 5.41) is 10.8. The molecule has 6 nitrogen and oxygen atoms in total. The summed E-state index contributed by atoms with van der Waals surface area (Å²) in [6.07, 6.45) is -1.15. The van der Waals surface area contributed by atoms with Crippen LogP contribution in [0.4, 0.5) is 16.2 Å². The van der Waals surface area contributed by atoms with Gasteiger partial charge >= 0.3 is 6.09 Å². The lowest BCUT2D eigenvalue weighted by Gasteiger charge is -2.26. The van der Waals surface area contributed by atoms with Gasteiger partial charge in [-0.25, -0.2) is 4.79 Å². The number of fused-ring (bicyclic) bond motifs is 1. The third-order valence-electron chi connectivity index (χ3n) is 2.30. The Kier molecular flexibility index (Phi) is 2.40. The second kappa shape index (κ2) is 3.73. The van der Waals surface area contributed by atoms with Gasteiger partial charge in [-0.15, -0.1) is 0 Å². The van der Waals surface area contributed by atoms with E-state index in [2.05, 4.69) is 5.32 Å². The van der Waals surface area contributed by atoms with Gasteiger partial charge in [-0.1, -0.05) is 0 Å². The number of hydrogen-bond donors (Lipinski definition) is 2. The Morgan fingerprint density at radius 3 is 3.00 bits per heavy atom. The van der Waals surface area contributed by atoms with Crippen LogP contribution >= 0.6 is 0 Å². The largest absolute Gasteiger partial charge is 0.482 e. The number of carbonyl (C=O) groups is 2. The van der Waals surface area contributed by atoms with Gasteiger partial charge in [-0.05, 0) is 18.2 Å². The minimum absolute atomic E-state index is 0.00913. The maximum Gasteiger partial charge on any atom is 0.409 e. The van der Waals surface area contributed by atoms with Crippen molar-refractivity contribution in [3.63, 3.8) is 0 Å². The van der Waals surface area contributed by atoms with Crippen molar-refractivity contribution < 1.29 is 19.4 Å². The molecule has 0 saturated heterocycles. The molecule has 0 bridgehead atoms. The molecule has 1 aliphatic rings. The molecule has 1 heterocycles. The summed E-state index contributed by atoms with van der Waals surface area (Å²) < 4.78 is 5.20. The molecule has 0 aromatic heterocycles. The Bertz CT molecular complexity index is 458. The van der Waals surface area contributed by atoms with E-state index in [1.807, 2.05) is 0 Å². The molecule has 0 atom stereocenters. The fourth-order valence-electron chi connectivity index (χ4n) is 1.47. The minimum atomic E-state index is -1.15. The third-order valence-corrected chi connectivity index (χ3v) is 2.30. The topological polar surface area (TPSA) is 78.9 Å². The molecule has 16 heavy (non-hydrogen) atoms. The van der Waals surface area contributed by atoms with E-state index < -0.39 is 6.09 Å². The van der Waals surface area contributed by atoms with E-state index in [1.165, 1.54) is 4.90 Å². The molecule has 0 fully saturated rings. The Balaban J connectivity index is 2.36. The van der Waals surface area contributed by atoms with Crippen molar-refractivity contribution in [2.24, 2.45) is 0 Å². The van der Waals surface area contributed by atoms with Gasteiger partial charge < -0.3 is 14.7 Å². The van der Waals surface area contributed by atoms with Crippen LogP contribution in [-0.2, 0) is 4.79 Å². The summed E-state index contributed by atoms with van der Waals surface area (Å²) in [5.74, 6) is 0.401. The Labute approximate surface area is 91.4 Å². The lowest BCUT2D eigenvalue weighted by Crippen LogP contribution is -2.35. The molecule has 2 N–H and O–H groups in total. The Morgan fingerprint density at radius 2 is 2.31 bits per heavy atom. The highest BCUT2D eigenvalue weighted by Gasteiger charge is 2.22. The number of anilines is 2. The standard InChI is InChI=1S/C10H10N2O4/c1-12-7-4-6(11-10(14)15)2-3-8(7)16-5-9(12)13/h2-4,11H,5H2,1H3,(H,14,15). The average Bonchev–Trinajstić information content (AvgIpc) is 2.23. The fraction of sp³-hybridized carbons (Fsp3) is 0.200. The zero-order valence-corrected chi connectivity index (χ0v) is 8.56. The van der Waals surface area contributed by atoms with E-state index in [0.29, 0.717) is 17.1 Å². The number of nitrogens with one attached hydrogen (secondary N) is 1. The van der Waals surface area contributed by atoms with Gasteiger partial charge in [-0.3, -0.25) is 10.1 Å². The first-order valence-corrected chi connectivity index (χ1v) is 4.61. The van der Waals surface area contributed by atoms with E-state index >= 15 is 0 Å². The molecule has 84 valence electrons. The quantitative estimate of drug-likeness (QED) is 0.746. The lowest BCUT2D eigenvalue weighted by atomic mass is 10.2. The summed E-state index contributed by atoms with van der Waals surface area (Å²) in [6.45, 7) is 0.00913. The zero-order valence-electron chi connectivity index (χ0n) is 8.56. The van der Waals surface area contributed by atoms with Gasteiger partial charge in [0.05, 0.1) is 5.69 Å². The molecule has 2 rings (SSSR count). The van der Waals surface area contributed by atoms with E-state index in [9.17, 15) is 9.59 Å². The van der Waals surface area contributed by atoms with Crippen molar-refractivity contribution >= 4 is 23.4 Å². The summed E-state index contributed by atoms with van der Waals surface area (Å²) in [5.41, 5.74) is 0.957. The first-order chi connectivity index (χ1) is 7.58. The average molecular weight is 222 g/mol. The molecule has 0 spiro atoms. The first kappa shape index (κ1) is 10.3. The van der Waals surface area contributed by atoms with E-state index in [-0.39, 0.29) is 12.5 Å². The number of carboxylic acid groups (broad SMARTS) is 1. The SMILES string of the molecule is CN1C(=O)COc2ccc(NC(=O)O)cc21. The predicted molar refractivity (Wildman–Crippen MR) is 57.0 cm³/mol. The molecule has 0 saturated carbocycles. The lowest BCUT2D eigenvalue weighted by molar-refractivity contribution is -0.120. The summed E-state index contributed by atoms with van der Waals surface area (Å²) in [7, 11) is 1.62.